The molecular formula is C22H29N5O3S. The fourth-order valence-corrected chi connectivity index (χ4v) is 4.07. The number of fused-ring (bicyclic) bond motifs is 1. The smallest absolute Gasteiger partial charge is 0.253 e. The zero-order valence-electron chi connectivity index (χ0n) is 18.9. The minimum Gasteiger partial charge on any atom is -0.493 e. The van der Waals surface area contributed by atoms with Crippen molar-refractivity contribution in [2.45, 2.75) is 57.4 Å². The van der Waals surface area contributed by atoms with Crippen LogP contribution in [0.2, 0.25) is 0 Å². The fraction of sp³-hybridized carbons (Fsp3) is 0.455. The molecule has 8 nitrogen and oxygen atoms in total. The Bertz CT molecular complexity index is 1080. The standard InChI is InChI=1S/C22H29N5O3S/c1-7-8-9-17-13(2)23-21-25-22(26-27(21)14(17)3)31-15(4)20(28)24-16-10-11-18(29-5)19(12-16)30-6/h10-12,15H,7-9H2,1-6H3,(H,24,28). The highest BCUT2D eigenvalue weighted by atomic mass is 32.2. The van der Waals surface area contributed by atoms with Gasteiger partial charge in [-0.3, -0.25) is 4.79 Å². The van der Waals surface area contributed by atoms with Crippen molar-refractivity contribution >= 4 is 29.1 Å². The van der Waals surface area contributed by atoms with E-state index in [4.69, 9.17) is 9.47 Å². The summed E-state index contributed by atoms with van der Waals surface area (Å²) in [6, 6.07) is 5.25. The molecule has 2 aromatic heterocycles. The zero-order valence-corrected chi connectivity index (χ0v) is 19.7. The number of aromatic nitrogens is 4. The summed E-state index contributed by atoms with van der Waals surface area (Å²) in [5.74, 6) is 1.57. The number of benzene rings is 1. The quantitative estimate of drug-likeness (QED) is 0.495. The molecule has 0 saturated heterocycles. The largest absolute Gasteiger partial charge is 0.493 e. The van der Waals surface area contributed by atoms with Crippen LogP contribution in [0.5, 0.6) is 11.5 Å². The topological polar surface area (TPSA) is 90.6 Å². The van der Waals surface area contributed by atoms with Gasteiger partial charge in [0.1, 0.15) is 0 Å². The predicted molar refractivity (Wildman–Crippen MR) is 122 cm³/mol. The fourth-order valence-electron chi connectivity index (χ4n) is 3.32. The normalized spacial score (nSPS) is 12.1. The zero-order chi connectivity index (χ0) is 22.5. The molecule has 3 rings (SSSR count). The van der Waals surface area contributed by atoms with Gasteiger partial charge in [0.05, 0.1) is 19.5 Å². The average Bonchev–Trinajstić information content (AvgIpc) is 3.15. The van der Waals surface area contributed by atoms with E-state index in [1.165, 1.54) is 17.3 Å². The lowest BCUT2D eigenvalue weighted by Crippen LogP contribution is -2.22. The Labute approximate surface area is 186 Å². The first-order valence-corrected chi connectivity index (χ1v) is 11.2. The number of carbonyl (C=O) groups excluding carboxylic acids is 1. The first-order valence-electron chi connectivity index (χ1n) is 10.3. The summed E-state index contributed by atoms with van der Waals surface area (Å²) in [6.07, 6.45) is 3.21. The number of nitrogens with zero attached hydrogens (tertiary/aromatic N) is 4. The van der Waals surface area contributed by atoms with Gasteiger partial charge in [-0.25, -0.2) is 9.50 Å². The lowest BCUT2D eigenvalue weighted by molar-refractivity contribution is -0.115. The molecule has 31 heavy (non-hydrogen) atoms. The van der Waals surface area contributed by atoms with Crippen LogP contribution in [0.25, 0.3) is 5.78 Å². The Morgan fingerprint density at radius 2 is 1.94 bits per heavy atom. The van der Waals surface area contributed by atoms with E-state index in [2.05, 4.69) is 27.3 Å². The molecule has 1 aromatic carbocycles. The Morgan fingerprint density at radius 3 is 2.61 bits per heavy atom. The van der Waals surface area contributed by atoms with Crippen molar-refractivity contribution in [3.8, 4) is 11.5 Å². The summed E-state index contributed by atoms with van der Waals surface area (Å²) < 4.78 is 12.3. The van der Waals surface area contributed by atoms with E-state index in [-0.39, 0.29) is 5.91 Å². The number of rotatable bonds is 9. The molecule has 0 radical (unpaired) electrons. The van der Waals surface area contributed by atoms with Gasteiger partial charge in [-0.2, -0.15) is 4.98 Å². The Kier molecular flexibility index (Phi) is 7.37. The molecule has 1 unspecified atom stereocenters. The molecule has 0 aliphatic carbocycles. The molecule has 0 aliphatic heterocycles. The number of unbranched alkanes of at least 4 members (excludes halogenated alkanes) is 1. The molecule has 0 aliphatic rings. The highest BCUT2D eigenvalue weighted by Gasteiger charge is 2.20. The molecule has 0 saturated carbocycles. The van der Waals surface area contributed by atoms with Gasteiger partial charge < -0.3 is 14.8 Å². The van der Waals surface area contributed by atoms with E-state index in [1.54, 1.807) is 36.9 Å². The van der Waals surface area contributed by atoms with Crippen LogP contribution in [-0.4, -0.2) is 45.0 Å². The summed E-state index contributed by atoms with van der Waals surface area (Å²) in [6.45, 7) is 8.06. The molecule has 9 heteroatoms. The minimum atomic E-state index is -0.397. The number of amides is 1. The third kappa shape index (κ3) is 5.10. The number of ether oxygens (including phenoxy) is 2. The maximum Gasteiger partial charge on any atom is 0.253 e. The number of methoxy groups -OCH3 is 2. The van der Waals surface area contributed by atoms with E-state index in [0.29, 0.717) is 28.1 Å². The third-order valence-corrected chi connectivity index (χ3v) is 6.06. The maximum absolute atomic E-state index is 12.7. The van der Waals surface area contributed by atoms with Crippen LogP contribution in [0.4, 0.5) is 5.69 Å². The summed E-state index contributed by atoms with van der Waals surface area (Å²) in [4.78, 5) is 21.8. The van der Waals surface area contributed by atoms with Gasteiger partial charge >= 0.3 is 0 Å². The minimum absolute atomic E-state index is 0.152. The van der Waals surface area contributed by atoms with Crippen molar-refractivity contribution in [3.05, 3.63) is 35.2 Å². The molecule has 0 spiro atoms. The van der Waals surface area contributed by atoms with Crippen LogP contribution >= 0.6 is 11.8 Å². The number of anilines is 1. The number of nitrogens with one attached hydrogen (secondary N) is 1. The van der Waals surface area contributed by atoms with Gasteiger partial charge in [0.2, 0.25) is 11.1 Å². The summed E-state index contributed by atoms with van der Waals surface area (Å²) >= 11 is 1.30. The SMILES string of the molecule is CCCCc1c(C)nc2nc(SC(C)C(=O)Nc3ccc(OC)c(OC)c3)nn2c1C. The second kappa shape index (κ2) is 10.00. The van der Waals surface area contributed by atoms with Gasteiger partial charge in [0.25, 0.3) is 5.78 Å². The van der Waals surface area contributed by atoms with Gasteiger partial charge in [-0.05, 0) is 51.3 Å². The van der Waals surface area contributed by atoms with Crippen molar-refractivity contribution in [1.82, 2.24) is 19.6 Å². The molecule has 166 valence electrons. The Morgan fingerprint density at radius 1 is 1.19 bits per heavy atom. The predicted octanol–water partition coefficient (Wildman–Crippen LogP) is 4.22. The van der Waals surface area contributed by atoms with E-state index in [9.17, 15) is 4.79 Å². The summed E-state index contributed by atoms with van der Waals surface area (Å²) in [5, 5.41) is 7.62. The number of aryl methyl sites for hydroxylation is 2. The average molecular weight is 444 g/mol. The van der Waals surface area contributed by atoms with Gasteiger partial charge in [0, 0.05) is 23.1 Å². The van der Waals surface area contributed by atoms with Crippen molar-refractivity contribution in [3.63, 3.8) is 0 Å². The van der Waals surface area contributed by atoms with Crippen LogP contribution in [0.3, 0.4) is 0 Å². The van der Waals surface area contributed by atoms with Crippen LogP contribution < -0.4 is 14.8 Å². The van der Waals surface area contributed by atoms with E-state index in [0.717, 1.165) is 30.7 Å². The van der Waals surface area contributed by atoms with Crippen molar-refractivity contribution in [2.24, 2.45) is 0 Å². The van der Waals surface area contributed by atoms with Gasteiger partial charge in [-0.1, -0.05) is 25.1 Å². The van der Waals surface area contributed by atoms with Crippen molar-refractivity contribution < 1.29 is 14.3 Å². The van der Waals surface area contributed by atoms with E-state index in [1.807, 2.05) is 20.8 Å². The van der Waals surface area contributed by atoms with Gasteiger partial charge in [-0.15, -0.1) is 5.10 Å². The molecule has 3 aromatic rings. The molecule has 0 bridgehead atoms. The summed E-state index contributed by atoms with van der Waals surface area (Å²) in [7, 11) is 3.13. The first kappa shape index (κ1) is 22.9. The number of thioether (sulfide) groups is 1. The number of carbonyl (C=O) groups is 1. The molecule has 1 amide bonds. The second-order valence-corrected chi connectivity index (χ2v) is 8.60. The molecular weight excluding hydrogens is 414 g/mol. The van der Waals surface area contributed by atoms with Crippen molar-refractivity contribution in [2.75, 3.05) is 19.5 Å². The Hall–Kier alpha value is -2.81. The first-order chi connectivity index (χ1) is 14.9. The van der Waals surface area contributed by atoms with E-state index < -0.39 is 5.25 Å². The summed E-state index contributed by atoms with van der Waals surface area (Å²) in [5.41, 5.74) is 3.89. The molecule has 2 heterocycles. The highest BCUT2D eigenvalue weighted by molar-refractivity contribution is 8.00. The van der Waals surface area contributed by atoms with E-state index >= 15 is 0 Å². The molecule has 0 fully saturated rings. The monoisotopic (exact) mass is 443 g/mol. The Balaban J connectivity index is 1.74. The second-order valence-electron chi connectivity index (χ2n) is 7.29. The third-order valence-electron chi connectivity index (χ3n) is 5.11. The molecule has 1 N–H and O–H groups in total. The van der Waals surface area contributed by atoms with Crippen LogP contribution in [0.1, 0.15) is 43.6 Å². The van der Waals surface area contributed by atoms with Gasteiger partial charge in [0.15, 0.2) is 11.5 Å². The molecule has 1 atom stereocenters. The maximum atomic E-state index is 12.7. The number of hydrogen-bond acceptors (Lipinski definition) is 7. The van der Waals surface area contributed by atoms with Crippen LogP contribution in [0.15, 0.2) is 23.4 Å². The van der Waals surface area contributed by atoms with Crippen LogP contribution in [-0.2, 0) is 11.2 Å². The lowest BCUT2D eigenvalue weighted by Gasteiger charge is -2.12. The van der Waals surface area contributed by atoms with Crippen molar-refractivity contribution in [1.29, 1.82) is 0 Å². The number of hydrogen-bond donors (Lipinski definition) is 1. The lowest BCUT2D eigenvalue weighted by atomic mass is 10.1. The van der Waals surface area contributed by atoms with Crippen LogP contribution in [0, 0.1) is 13.8 Å². The highest BCUT2D eigenvalue weighted by Crippen LogP contribution is 2.30.